The quantitative estimate of drug-likeness (QED) is 0.285. The molecule has 1 aromatic carbocycles. The number of pyridine rings is 1. The molecule has 0 saturated carbocycles. The zero-order valence-electron chi connectivity index (χ0n) is 21.7. The molecule has 5 rings (SSSR count). The summed E-state index contributed by atoms with van der Waals surface area (Å²) in [6.45, 7) is 0.0268. The Labute approximate surface area is 228 Å². The Morgan fingerprint density at radius 3 is 2.52 bits per heavy atom. The number of benzene rings is 1. The number of nitrogens with zero attached hydrogens (tertiary/aromatic N) is 2. The van der Waals surface area contributed by atoms with Crippen molar-refractivity contribution in [3.8, 4) is 5.75 Å². The number of phenols is 1. The number of aromatic hydroxyl groups is 1. The monoisotopic (exact) mass is 548 g/mol. The molecule has 0 unspecified atom stereocenters. The van der Waals surface area contributed by atoms with Crippen LogP contribution in [0, 0.1) is 11.8 Å². The van der Waals surface area contributed by atoms with Crippen LogP contribution in [0.25, 0.3) is 0 Å². The Morgan fingerprint density at radius 2 is 1.90 bits per heavy atom. The van der Waals surface area contributed by atoms with Gasteiger partial charge in [0.25, 0.3) is 11.8 Å². The van der Waals surface area contributed by atoms with E-state index in [0.717, 1.165) is 0 Å². The zero-order valence-corrected chi connectivity index (χ0v) is 21.7. The third kappa shape index (κ3) is 3.87. The molecule has 208 valence electrons. The van der Waals surface area contributed by atoms with Gasteiger partial charge >= 0.3 is 0 Å². The highest BCUT2D eigenvalue weighted by Crippen LogP contribution is 2.52. The van der Waals surface area contributed by atoms with Crippen molar-refractivity contribution in [2.45, 2.75) is 31.0 Å². The van der Waals surface area contributed by atoms with Crippen LogP contribution in [0.15, 0.2) is 59.3 Å². The number of aliphatic hydroxyl groups excluding tert-OH is 2. The van der Waals surface area contributed by atoms with Crippen molar-refractivity contribution in [3.05, 3.63) is 81.6 Å². The number of nitrogens with one attached hydrogen (secondary N) is 1. The van der Waals surface area contributed by atoms with Crippen molar-refractivity contribution in [1.82, 2.24) is 15.2 Å². The molecule has 12 nitrogen and oxygen atoms in total. The van der Waals surface area contributed by atoms with Gasteiger partial charge in [-0.15, -0.1) is 0 Å². The number of hydrogen-bond acceptors (Lipinski definition) is 10. The van der Waals surface area contributed by atoms with E-state index in [1.807, 2.05) is 0 Å². The fourth-order valence-corrected chi connectivity index (χ4v) is 6.26. The molecule has 4 atom stereocenters. The van der Waals surface area contributed by atoms with Gasteiger partial charge in [-0.1, -0.05) is 6.07 Å². The molecule has 1 aromatic heterocycles. The summed E-state index contributed by atoms with van der Waals surface area (Å²) in [6, 6.07) is 5.02. The largest absolute Gasteiger partial charge is 0.510 e. The number of hydrogen-bond donors (Lipinski definition) is 6. The summed E-state index contributed by atoms with van der Waals surface area (Å²) in [4.78, 5) is 57.2. The molecule has 0 radical (unpaired) electrons. The molecule has 40 heavy (non-hydrogen) atoms. The van der Waals surface area contributed by atoms with Gasteiger partial charge < -0.3 is 31.5 Å². The Kier molecular flexibility index (Phi) is 6.47. The highest BCUT2D eigenvalue weighted by molar-refractivity contribution is 6.24. The molecular formula is C28H28N4O8. The van der Waals surface area contributed by atoms with Crippen molar-refractivity contribution >= 4 is 23.4 Å². The molecule has 0 bridgehead atoms. The lowest BCUT2D eigenvalue weighted by Gasteiger charge is -2.50. The zero-order chi connectivity index (χ0) is 29.1. The number of aromatic nitrogens is 1. The summed E-state index contributed by atoms with van der Waals surface area (Å²) < 4.78 is 0. The molecule has 12 heteroatoms. The number of rotatable bonds is 5. The van der Waals surface area contributed by atoms with Gasteiger partial charge in [-0.25, -0.2) is 0 Å². The average Bonchev–Trinajstić information content (AvgIpc) is 2.90. The maximum absolute atomic E-state index is 13.8. The fourth-order valence-electron chi connectivity index (χ4n) is 6.26. The van der Waals surface area contributed by atoms with Crippen molar-refractivity contribution in [2.75, 3.05) is 14.1 Å². The van der Waals surface area contributed by atoms with Crippen molar-refractivity contribution in [3.63, 3.8) is 0 Å². The Hall–Kier alpha value is -4.55. The fraction of sp³-hybridized carbons (Fsp3) is 0.321. The summed E-state index contributed by atoms with van der Waals surface area (Å²) in [7, 11) is 3.13. The number of Topliss-reactive ketones (excluding diaryl/α,β-unsaturated/α-hetero) is 2. The van der Waals surface area contributed by atoms with Gasteiger partial charge in [0, 0.05) is 30.4 Å². The van der Waals surface area contributed by atoms with Gasteiger partial charge in [0.1, 0.15) is 22.8 Å². The summed E-state index contributed by atoms with van der Waals surface area (Å²) in [6.07, 6.45) is 3.05. The summed E-state index contributed by atoms with van der Waals surface area (Å²) in [5, 5.41) is 47.3. The number of nitrogens with two attached hydrogens (primary N) is 1. The predicted octanol–water partition coefficient (Wildman–Crippen LogP) is 0.446. The van der Waals surface area contributed by atoms with E-state index in [0.29, 0.717) is 16.7 Å². The average molecular weight is 549 g/mol. The number of ketones is 2. The number of carbonyl (C=O) groups is 4. The number of allylic oxidation sites excluding steroid dienone is 1. The van der Waals surface area contributed by atoms with Crippen LogP contribution < -0.4 is 11.1 Å². The molecule has 2 aromatic rings. The number of fused-ring (bicyclic) bond motifs is 3. The number of phenolic OH excluding ortho intramolecular Hbond substituents is 1. The highest BCUT2D eigenvalue weighted by atomic mass is 16.3. The van der Waals surface area contributed by atoms with Crippen LogP contribution in [0.2, 0.25) is 0 Å². The van der Waals surface area contributed by atoms with Crippen LogP contribution >= 0.6 is 0 Å². The highest BCUT2D eigenvalue weighted by Gasteiger charge is 2.63. The molecule has 0 aliphatic heterocycles. The van der Waals surface area contributed by atoms with Crippen molar-refractivity contribution in [2.24, 2.45) is 17.6 Å². The second-order valence-electron chi connectivity index (χ2n) is 10.5. The third-order valence-corrected chi connectivity index (χ3v) is 8.07. The van der Waals surface area contributed by atoms with E-state index in [9.17, 15) is 39.6 Å². The van der Waals surface area contributed by atoms with E-state index in [1.165, 1.54) is 23.4 Å². The van der Waals surface area contributed by atoms with Gasteiger partial charge in [0.15, 0.2) is 11.4 Å². The molecule has 0 spiro atoms. The van der Waals surface area contributed by atoms with Gasteiger partial charge in [0.05, 0.1) is 17.2 Å². The number of aliphatic hydroxyl groups is 3. The number of primary amides is 1. The molecular weight excluding hydrogens is 520 g/mol. The second-order valence-corrected chi connectivity index (χ2v) is 10.5. The van der Waals surface area contributed by atoms with Crippen molar-refractivity contribution in [1.29, 1.82) is 0 Å². The Balaban J connectivity index is 1.58. The van der Waals surface area contributed by atoms with E-state index in [-0.39, 0.29) is 42.2 Å². The number of likely N-dealkylation sites (N-methyl/N-ethyl adjacent to an activating group) is 1. The van der Waals surface area contributed by atoms with Gasteiger partial charge in [0.2, 0.25) is 5.78 Å². The van der Waals surface area contributed by atoms with E-state index in [1.54, 1.807) is 32.3 Å². The molecule has 0 saturated heterocycles. The van der Waals surface area contributed by atoms with Crippen LogP contribution in [0.1, 0.15) is 38.3 Å². The second kappa shape index (κ2) is 9.57. The van der Waals surface area contributed by atoms with Crippen LogP contribution in [0.3, 0.4) is 0 Å². The molecule has 3 aliphatic carbocycles. The molecule has 2 amide bonds. The predicted molar refractivity (Wildman–Crippen MR) is 139 cm³/mol. The van der Waals surface area contributed by atoms with Gasteiger partial charge in [-0.05, 0) is 62.2 Å². The lowest BCUT2D eigenvalue weighted by molar-refractivity contribution is -0.148. The number of amides is 2. The van der Waals surface area contributed by atoms with E-state index in [4.69, 9.17) is 5.73 Å². The summed E-state index contributed by atoms with van der Waals surface area (Å²) in [5.74, 6) is -7.51. The molecule has 3 aliphatic rings. The maximum Gasteiger partial charge on any atom is 0.255 e. The Morgan fingerprint density at radius 1 is 1.18 bits per heavy atom. The van der Waals surface area contributed by atoms with Crippen molar-refractivity contribution < 1.29 is 39.6 Å². The molecule has 0 fully saturated rings. The molecule has 7 N–H and O–H groups in total. The lowest BCUT2D eigenvalue weighted by Crippen LogP contribution is -2.63. The minimum absolute atomic E-state index is 0.0249. The smallest absolute Gasteiger partial charge is 0.255 e. The standard InChI is InChI=1S/C28H28N4O8/c1-32(2)21-16-9-14-8-15-12(11-31-27(39)13-4-3-7-30-10-13)5-6-17(33)19(15)22(34)18(14)24(36)28(16,40)25(37)20(23(21)35)26(29)38/h3-7,10,14,16,21,33,35-36,40H,8-9,11H2,1-2H3,(H2,29,38)(H,31,39)/t14-,16+,21-,28-/m1/s1. The van der Waals surface area contributed by atoms with Crippen LogP contribution in [0.4, 0.5) is 0 Å². The molecule has 1 heterocycles. The van der Waals surface area contributed by atoms with Crippen LogP contribution in [-0.4, -0.2) is 79.4 Å². The Bertz CT molecular complexity index is 1530. The van der Waals surface area contributed by atoms with Gasteiger partial charge in [-0.3, -0.25) is 29.1 Å². The van der Waals surface area contributed by atoms with Gasteiger partial charge in [-0.2, -0.15) is 0 Å². The minimum Gasteiger partial charge on any atom is -0.510 e. The van der Waals surface area contributed by atoms with Crippen LogP contribution in [0.5, 0.6) is 5.75 Å². The first kappa shape index (κ1) is 27.0. The SMILES string of the molecule is CN(C)[C@H]1C(O)=C(C(N)=O)C(=O)[C@]2(O)C(O)=C3C(=O)c4c(O)ccc(CNC(=O)c5cccnc5)c4C[C@@H]3C[C@@H]12. The van der Waals surface area contributed by atoms with Crippen LogP contribution in [-0.2, 0) is 22.6 Å². The summed E-state index contributed by atoms with van der Waals surface area (Å²) in [5.41, 5.74) is 2.77. The summed E-state index contributed by atoms with van der Waals surface area (Å²) >= 11 is 0. The third-order valence-electron chi connectivity index (χ3n) is 8.07. The first-order chi connectivity index (χ1) is 18.9. The minimum atomic E-state index is -2.70. The number of carbonyl (C=O) groups excluding carboxylic acids is 4. The van der Waals surface area contributed by atoms with E-state index in [2.05, 4.69) is 10.3 Å². The normalized spacial score (nSPS) is 25.9. The first-order valence-electron chi connectivity index (χ1n) is 12.6. The first-order valence-corrected chi connectivity index (χ1v) is 12.6. The van der Waals surface area contributed by atoms with E-state index >= 15 is 0 Å². The van der Waals surface area contributed by atoms with E-state index < -0.39 is 58.0 Å². The lowest BCUT2D eigenvalue weighted by atomic mass is 9.58. The topological polar surface area (TPSA) is 203 Å². The maximum atomic E-state index is 13.8.